The molecule has 0 radical (unpaired) electrons. The van der Waals surface area contributed by atoms with Crippen LogP contribution in [-0.4, -0.2) is 36.6 Å². The van der Waals surface area contributed by atoms with E-state index in [9.17, 15) is 4.79 Å². The van der Waals surface area contributed by atoms with Crippen molar-refractivity contribution < 1.29 is 9.53 Å². The molecule has 32 heavy (non-hydrogen) atoms. The highest BCUT2D eigenvalue weighted by Gasteiger charge is 2.21. The van der Waals surface area contributed by atoms with Gasteiger partial charge in [-0.15, -0.1) is 0 Å². The van der Waals surface area contributed by atoms with Gasteiger partial charge in [0, 0.05) is 31.4 Å². The monoisotopic (exact) mass is 433 g/mol. The van der Waals surface area contributed by atoms with Gasteiger partial charge in [0.1, 0.15) is 11.5 Å². The zero-order chi connectivity index (χ0) is 22.0. The number of para-hydroxylation sites is 1. The molecule has 2 aliphatic rings. The molecule has 1 aliphatic heterocycles. The molecule has 2 N–H and O–H groups in total. The van der Waals surface area contributed by atoms with E-state index < -0.39 is 0 Å². The first-order valence-electron chi connectivity index (χ1n) is 12.1. The summed E-state index contributed by atoms with van der Waals surface area (Å²) in [5.74, 6) is 1.54. The smallest absolute Gasteiger partial charge is 0.319 e. The molecule has 0 bridgehead atoms. The first-order valence-corrected chi connectivity index (χ1v) is 12.1. The second-order valence-corrected chi connectivity index (χ2v) is 8.90. The molecule has 5 heteroatoms. The Bertz CT molecular complexity index is 872. The van der Waals surface area contributed by atoms with Gasteiger partial charge in [-0.3, -0.25) is 4.90 Å². The Balaban J connectivity index is 1.18. The molecule has 0 aromatic heterocycles. The van der Waals surface area contributed by atoms with Crippen LogP contribution in [0.4, 0.5) is 10.5 Å². The largest absolute Gasteiger partial charge is 0.457 e. The molecule has 0 spiro atoms. The van der Waals surface area contributed by atoms with E-state index in [1.165, 1.54) is 38.5 Å². The summed E-state index contributed by atoms with van der Waals surface area (Å²) in [6, 6.07) is 17.2. The van der Waals surface area contributed by atoms with Gasteiger partial charge in [0.15, 0.2) is 0 Å². The average molecular weight is 434 g/mol. The third kappa shape index (κ3) is 7.13. The van der Waals surface area contributed by atoms with Crippen molar-refractivity contribution in [1.29, 1.82) is 0 Å². The number of ether oxygens (including phenoxy) is 1. The van der Waals surface area contributed by atoms with Gasteiger partial charge in [0.05, 0.1) is 0 Å². The SMILES string of the molecule is O=C(Nc1ccc(Oc2ccccc2)cc1)NC1CCN(CC2=CCCCCCC2)CC1. The lowest BCUT2D eigenvalue weighted by molar-refractivity contribution is 0.205. The predicted octanol–water partition coefficient (Wildman–Crippen LogP) is 6.35. The number of hydrogen-bond donors (Lipinski definition) is 2. The van der Waals surface area contributed by atoms with Crippen LogP contribution in [0, 0.1) is 0 Å². The van der Waals surface area contributed by atoms with E-state index >= 15 is 0 Å². The average Bonchev–Trinajstić information content (AvgIpc) is 2.79. The Morgan fingerprint density at radius 2 is 1.62 bits per heavy atom. The quantitative estimate of drug-likeness (QED) is 0.522. The molecule has 1 aliphatic carbocycles. The van der Waals surface area contributed by atoms with E-state index in [1.807, 2.05) is 54.6 Å². The number of likely N-dealkylation sites (tertiary alicyclic amines) is 1. The molecule has 0 atom stereocenters. The highest BCUT2D eigenvalue weighted by atomic mass is 16.5. The van der Waals surface area contributed by atoms with Crippen molar-refractivity contribution >= 4 is 11.7 Å². The normalized spacial score (nSPS) is 18.2. The van der Waals surface area contributed by atoms with Gasteiger partial charge in [0.25, 0.3) is 0 Å². The van der Waals surface area contributed by atoms with Gasteiger partial charge >= 0.3 is 6.03 Å². The second-order valence-electron chi connectivity index (χ2n) is 8.90. The second kappa shape index (κ2) is 11.7. The summed E-state index contributed by atoms with van der Waals surface area (Å²) in [4.78, 5) is 15.0. The highest BCUT2D eigenvalue weighted by molar-refractivity contribution is 5.89. The fourth-order valence-electron chi connectivity index (χ4n) is 4.51. The summed E-state index contributed by atoms with van der Waals surface area (Å²) in [7, 11) is 0. The topological polar surface area (TPSA) is 53.6 Å². The summed E-state index contributed by atoms with van der Waals surface area (Å²) in [5.41, 5.74) is 2.38. The molecule has 2 aromatic rings. The molecule has 1 heterocycles. The molecule has 1 saturated heterocycles. The number of urea groups is 1. The molecule has 5 nitrogen and oxygen atoms in total. The van der Waals surface area contributed by atoms with Crippen molar-refractivity contribution in [2.24, 2.45) is 0 Å². The number of amides is 2. The van der Waals surface area contributed by atoms with Crippen molar-refractivity contribution in [3.8, 4) is 11.5 Å². The van der Waals surface area contributed by atoms with Crippen LogP contribution in [-0.2, 0) is 0 Å². The Morgan fingerprint density at radius 3 is 2.41 bits per heavy atom. The minimum Gasteiger partial charge on any atom is -0.457 e. The third-order valence-corrected chi connectivity index (χ3v) is 6.33. The van der Waals surface area contributed by atoms with Crippen molar-refractivity contribution in [2.45, 2.75) is 57.4 Å². The van der Waals surface area contributed by atoms with Crippen molar-refractivity contribution in [2.75, 3.05) is 25.0 Å². The zero-order valence-corrected chi connectivity index (χ0v) is 18.9. The number of nitrogens with zero attached hydrogens (tertiary/aromatic N) is 1. The van der Waals surface area contributed by atoms with Crippen LogP contribution < -0.4 is 15.4 Å². The molecule has 2 aromatic carbocycles. The van der Waals surface area contributed by atoms with E-state index in [0.29, 0.717) is 0 Å². The molecule has 4 rings (SSSR count). The van der Waals surface area contributed by atoms with Gasteiger partial charge in [-0.25, -0.2) is 4.79 Å². The van der Waals surface area contributed by atoms with Crippen molar-refractivity contribution in [3.05, 3.63) is 66.2 Å². The van der Waals surface area contributed by atoms with E-state index in [2.05, 4.69) is 21.6 Å². The lowest BCUT2D eigenvalue weighted by atomic mass is 9.98. The van der Waals surface area contributed by atoms with Crippen LogP contribution in [0.15, 0.2) is 66.2 Å². The molecule has 0 unspecified atom stereocenters. The van der Waals surface area contributed by atoms with E-state index in [-0.39, 0.29) is 12.1 Å². The lowest BCUT2D eigenvalue weighted by Crippen LogP contribution is -2.46. The van der Waals surface area contributed by atoms with Crippen LogP contribution in [0.1, 0.15) is 51.4 Å². The fraction of sp³-hybridized carbons (Fsp3) is 0.444. The number of carbonyl (C=O) groups is 1. The van der Waals surface area contributed by atoms with Crippen LogP contribution in [0.3, 0.4) is 0 Å². The molecular weight excluding hydrogens is 398 g/mol. The van der Waals surface area contributed by atoms with Gasteiger partial charge in [0.2, 0.25) is 0 Å². The summed E-state index contributed by atoms with van der Waals surface area (Å²) in [6.07, 6.45) is 12.4. The van der Waals surface area contributed by atoms with E-state index in [4.69, 9.17) is 4.74 Å². The fourth-order valence-corrected chi connectivity index (χ4v) is 4.51. The van der Waals surface area contributed by atoms with Crippen molar-refractivity contribution in [1.82, 2.24) is 10.2 Å². The minimum absolute atomic E-state index is 0.136. The van der Waals surface area contributed by atoms with Crippen molar-refractivity contribution in [3.63, 3.8) is 0 Å². The van der Waals surface area contributed by atoms with Gasteiger partial charge in [-0.1, -0.05) is 42.7 Å². The van der Waals surface area contributed by atoms with E-state index in [1.54, 1.807) is 5.57 Å². The number of allylic oxidation sites excluding steroid dienone is 1. The zero-order valence-electron chi connectivity index (χ0n) is 18.9. The molecule has 0 saturated carbocycles. The minimum atomic E-state index is -0.136. The first-order chi connectivity index (χ1) is 15.7. The maximum absolute atomic E-state index is 12.4. The van der Waals surface area contributed by atoms with Gasteiger partial charge in [-0.2, -0.15) is 0 Å². The lowest BCUT2D eigenvalue weighted by Gasteiger charge is -2.33. The highest BCUT2D eigenvalue weighted by Crippen LogP contribution is 2.23. The number of hydrogen-bond acceptors (Lipinski definition) is 3. The summed E-state index contributed by atoms with van der Waals surface area (Å²) < 4.78 is 5.80. The summed E-state index contributed by atoms with van der Waals surface area (Å²) in [6.45, 7) is 3.21. The molecule has 1 fully saturated rings. The standard InChI is InChI=1S/C27H35N3O2/c31-27(28-23-13-15-26(16-14-23)32-25-11-7-4-8-12-25)29-24-17-19-30(20-18-24)21-22-9-5-2-1-3-6-10-22/h4,7-9,11-16,24H,1-3,5-6,10,17-21H2,(H2,28,29,31). The number of carbonyl (C=O) groups excluding carboxylic acids is 1. The van der Waals surface area contributed by atoms with Gasteiger partial charge in [-0.05, 0) is 74.9 Å². The number of rotatable bonds is 6. The Morgan fingerprint density at radius 1 is 0.906 bits per heavy atom. The number of piperidine rings is 1. The summed E-state index contributed by atoms with van der Waals surface area (Å²) in [5, 5.41) is 6.08. The Kier molecular flexibility index (Phi) is 8.21. The number of benzene rings is 2. The maximum atomic E-state index is 12.4. The molecular formula is C27H35N3O2. The Hall–Kier alpha value is -2.79. The molecule has 2 amide bonds. The summed E-state index contributed by atoms with van der Waals surface area (Å²) >= 11 is 0. The van der Waals surface area contributed by atoms with Crippen LogP contribution in [0.5, 0.6) is 11.5 Å². The third-order valence-electron chi connectivity index (χ3n) is 6.33. The van der Waals surface area contributed by atoms with Gasteiger partial charge < -0.3 is 15.4 Å². The van der Waals surface area contributed by atoms with Crippen LogP contribution >= 0.6 is 0 Å². The number of nitrogens with one attached hydrogen (secondary N) is 2. The van der Waals surface area contributed by atoms with Crippen LogP contribution in [0.2, 0.25) is 0 Å². The van der Waals surface area contributed by atoms with Crippen LogP contribution in [0.25, 0.3) is 0 Å². The Labute approximate surface area is 191 Å². The first kappa shape index (κ1) is 22.4. The number of anilines is 1. The molecule has 170 valence electrons. The predicted molar refractivity (Wildman–Crippen MR) is 130 cm³/mol. The maximum Gasteiger partial charge on any atom is 0.319 e. The van der Waals surface area contributed by atoms with E-state index in [0.717, 1.165) is 49.7 Å².